The summed E-state index contributed by atoms with van der Waals surface area (Å²) in [5.74, 6) is -0.603. The van der Waals surface area contributed by atoms with Crippen molar-refractivity contribution in [1.29, 1.82) is 0 Å². The Labute approximate surface area is 242 Å². The number of aliphatic hydroxyl groups excluding tert-OH is 2. The van der Waals surface area contributed by atoms with Crippen molar-refractivity contribution in [3.05, 3.63) is 87.9 Å². The highest BCUT2D eigenvalue weighted by molar-refractivity contribution is 7.12. The van der Waals surface area contributed by atoms with Gasteiger partial charge in [0.15, 0.2) is 12.2 Å². The molecule has 0 spiro atoms. The molecule has 0 saturated carbocycles. The lowest BCUT2D eigenvalue weighted by molar-refractivity contribution is -0.154. The first-order chi connectivity index (χ1) is 19.7. The number of hydrogen-bond acceptors (Lipinski definition) is 7. The maximum atomic E-state index is 13.0. The standard InChI is InChI=1S/C31H34N4O5S/c1-20(36)31(22-8-4-3-5-9-22)14-16-34(17-15-31)30(40)28(38)27(37)29(39)32-18-23-12-13-24(41-23)19-35-21(2)33-25-10-6-7-11-26(25)35/h3-13,27-28,37-38H,14-19H2,1-2H3,(H,32,39)/t27-,28-/m1/s1. The predicted octanol–water partition coefficient (Wildman–Crippen LogP) is 2.94. The minimum Gasteiger partial charge on any atom is -0.380 e. The smallest absolute Gasteiger partial charge is 0.254 e. The average Bonchev–Trinajstić information content (AvgIpc) is 3.58. The third kappa shape index (κ3) is 5.81. The van der Waals surface area contributed by atoms with Gasteiger partial charge in [-0.25, -0.2) is 4.98 Å². The Morgan fingerprint density at radius 2 is 1.61 bits per heavy atom. The SMILES string of the molecule is CC(=O)C1(c2ccccc2)CCN(C(=O)[C@H](O)[C@@H](O)C(=O)NCc2ccc(Cn3c(C)nc4ccccc43)s2)CC1. The number of piperidine rings is 1. The highest BCUT2D eigenvalue weighted by Gasteiger charge is 2.43. The molecule has 0 radical (unpaired) electrons. The molecule has 1 aliphatic heterocycles. The Morgan fingerprint density at radius 3 is 2.32 bits per heavy atom. The van der Waals surface area contributed by atoms with Crippen LogP contribution in [-0.4, -0.2) is 67.6 Å². The van der Waals surface area contributed by atoms with Crippen LogP contribution < -0.4 is 5.32 Å². The number of carbonyl (C=O) groups excluding carboxylic acids is 3. The van der Waals surface area contributed by atoms with Crippen LogP contribution in [0.25, 0.3) is 11.0 Å². The number of aliphatic hydroxyl groups is 2. The number of imidazole rings is 1. The number of para-hydroxylation sites is 2. The number of fused-ring (bicyclic) bond motifs is 1. The van der Waals surface area contributed by atoms with Gasteiger partial charge in [-0.05, 0) is 56.5 Å². The first-order valence-electron chi connectivity index (χ1n) is 13.7. The van der Waals surface area contributed by atoms with Gasteiger partial charge in [-0.2, -0.15) is 0 Å². The van der Waals surface area contributed by atoms with Crippen molar-refractivity contribution in [3.63, 3.8) is 0 Å². The van der Waals surface area contributed by atoms with Crippen molar-refractivity contribution in [2.24, 2.45) is 0 Å². The Hall–Kier alpha value is -3.86. The monoisotopic (exact) mass is 574 g/mol. The zero-order valence-corrected chi connectivity index (χ0v) is 23.9. The van der Waals surface area contributed by atoms with Crippen LogP contribution in [0.2, 0.25) is 0 Å². The Morgan fingerprint density at radius 1 is 0.951 bits per heavy atom. The topological polar surface area (TPSA) is 125 Å². The number of carbonyl (C=O) groups is 3. The number of ketones is 1. The summed E-state index contributed by atoms with van der Waals surface area (Å²) in [7, 11) is 0. The largest absolute Gasteiger partial charge is 0.380 e. The molecule has 5 rings (SSSR count). The molecule has 2 aromatic carbocycles. The maximum absolute atomic E-state index is 13.0. The van der Waals surface area contributed by atoms with Gasteiger partial charge in [-0.3, -0.25) is 14.4 Å². The maximum Gasteiger partial charge on any atom is 0.254 e. The number of amides is 2. The van der Waals surface area contributed by atoms with Crippen LogP contribution in [0.1, 0.15) is 40.9 Å². The van der Waals surface area contributed by atoms with E-state index in [4.69, 9.17) is 0 Å². The molecule has 214 valence electrons. The molecular weight excluding hydrogens is 540 g/mol. The molecule has 9 nitrogen and oxygen atoms in total. The number of likely N-dealkylation sites (tertiary alicyclic amines) is 1. The van der Waals surface area contributed by atoms with Crippen LogP contribution in [0.15, 0.2) is 66.7 Å². The molecule has 1 saturated heterocycles. The van der Waals surface area contributed by atoms with E-state index in [2.05, 4.69) is 14.9 Å². The molecule has 10 heteroatoms. The molecule has 3 heterocycles. The van der Waals surface area contributed by atoms with Crippen LogP contribution in [0.5, 0.6) is 0 Å². The van der Waals surface area contributed by atoms with Gasteiger partial charge in [0.1, 0.15) is 11.6 Å². The van der Waals surface area contributed by atoms with Crippen molar-refractivity contribution < 1.29 is 24.6 Å². The summed E-state index contributed by atoms with van der Waals surface area (Å²) in [6.45, 7) is 4.81. The van der Waals surface area contributed by atoms with Crippen LogP contribution in [0.3, 0.4) is 0 Å². The summed E-state index contributed by atoms with van der Waals surface area (Å²) in [6.07, 6.45) is -2.99. The van der Waals surface area contributed by atoms with Gasteiger partial charge < -0.3 is 25.0 Å². The number of hydrogen-bond donors (Lipinski definition) is 3. The molecule has 4 aromatic rings. The van der Waals surface area contributed by atoms with Crippen LogP contribution in [0.4, 0.5) is 0 Å². The van der Waals surface area contributed by atoms with E-state index in [-0.39, 0.29) is 25.4 Å². The molecule has 1 aliphatic rings. The Balaban J connectivity index is 1.14. The number of benzene rings is 2. The third-order valence-electron chi connectivity index (χ3n) is 8.06. The highest BCUT2D eigenvalue weighted by Crippen LogP contribution is 2.36. The van der Waals surface area contributed by atoms with E-state index >= 15 is 0 Å². The van der Waals surface area contributed by atoms with E-state index in [1.54, 1.807) is 6.92 Å². The van der Waals surface area contributed by atoms with Crippen molar-refractivity contribution in [1.82, 2.24) is 19.8 Å². The second-order valence-corrected chi connectivity index (χ2v) is 11.8. The summed E-state index contributed by atoms with van der Waals surface area (Å²) in [5, 5.41) is 23.6. The van der Waals surface area contributed by atoms with E-state index in [9.17, 15) is 24.6 Å². The average molecular weight is 575 g/mol. The van der Waals surface area contributed by atoms with Crippen LogP contribution >= 0.6 is 11.3 Å². The molecule has 2 atom stereocenters. The number of nitrogens with one attached hydrogen (secondary N) is 1. The lowest BCUT2D eigenvalue weighted by Gasteiger charge is -2.41. The second kappa shape index (κ2) is 11.9. The molecule has 0 bridgehead atoms. The van der Waals surface area contributed by atoms with Crippen molar-refractivity contribution in [2.75, 3.05) is 13.1 Å². The quantitative estimate of drug-likeness (QED) is 0.282. The first kappa shape index (κ1) is 28.7. The fourth-order valence-corrected chi connectivity index (χ4v) is 6.55. The van der Waals surface area contributed by atoms with Crippen molar-refractivity contribution in [3.8, 4) is 0 Å². The number of aromatic nitrogens is 2. The van der Waals surface area contributed by atoms with Gasteiger partial charge in [-0.15, -0.1) is 11.3 Å². The number of thiophene rings is 1. The normalized spacial score (nSPS) is 16.3. The summed E-state index contributed by atoms with van der Waals surface area (Å²) in [6, 6.07) is 21.3. The predicted molar refractivity (Wildman–Crippen MR) is 156 cm³/mol. The zero-order valence-electron chi connectivity index (χ0n) is 23.1. The van der Waals surface area contributed by atoms with Crippen LogP contribution in [-0.2, 0) is 32.9 Å². The number of aryl methyl sites for hydroxylation is 1. The van der Waals surface area contributed by atoms with Gasteiger partial charge in [0.25, 0.3) is 11.8 Å². The molecule has 3 N–H and O–H groups in total. The minimum atomic E-state index is -1.91. The Bertz CT molecular complexity index is 1560. The minimum absolute atomic E-state index is 0.0287. The zero-order chi connectivity index (χ0) is 29.1. The van der Waals surface area contributed by atoms with Gasteiger partial charge >= 0.3 is 0 Å². The first-order valence-corrected chi connectivity index (χ1v) is 14.5. The van der Waals surface area contributed by atoms with E-state index in [0.29, 0.717) is 19.4 Å². The molecule has 0 aliphatic carbocycles. The summed E-state index contributed by atoms with van der Waals surface area (Å²) >= 11 is 1.53. The summed E-state index contributed by atoms with van der Waals surface area (Å²) in [5.41, 5.74) is 2.21. The van der Waals surface area contributed by atoms with Crippen molar-refractivity contribution >= 4 is 40.0 Å². The lowest BCUT2D eigenvalue weighted by Crippen LogP contribution is -2.54. The third-order valence-corrected chi connectivity index (χ3v) is 9.13. The lowest BCUT2D eigenvalue weighted by atomic mass is 9.70. The number of Topliss-reactive ketones (excluding diaryl/α,β-unsaturated/α-hetero) is 1. The number of rotatable bonds is 9. The fraction of sp³-hybridized carbons (Fsp3) is 0.355. The van der Waals surface area contributed by atoms with Gasteiger partial charge in [-0.1, -0.05) is 42.5 Å². The van der Waals surface area contributed by atoms with Gasteiger partial charge in [0.2, 0.25) is 0 Å². The molecule has 41 heavy (non-hydrogen) atoms. The van der Waals surface area contributed by atoms with E-state index < -0.39 is 29.4 Å². The summed E-state index contributed by atoms with van der Waals surface area (Å²) < 4.78 is 2.14. The summed E-state index contributed by atoms with van der Waals surface area (Å²) in [4.78, 5) is 46.2. The highest BCUT2D eigenvalue weighted by atomic mass is 32.1. The van der Waals surface area contributed by atoms with E-state index in [1.165, 1.54) is 16.2 Å². The molecule has 2 amide bonds. The fourth-order valence-electron chi connectivity index (χ4n) is 5.61. The second-order valence-electron chi connectivity index (χ2n) is 10.5. The number of nitrogens with zero attached hydrogens (tertiary/aromatic N) is 3. The van der Waals surface area contributed by atoms with Gasteiger partial charge in [0, 0.05) is 22.8 Å². The van der Waals surface area contributed by atoms with Crippen LogP contribution in [0, 0.1) is 6.92 Å². The van der Waals surface area contributed by atoms with E-state index in [1.807, 2.05) is 73.7 Å². The Kier molecular flexibility index (Phi) is 8.35. The molecule has 2 aromatic heterocycles. The molecule has 0 unspecified atom stereocenters. The van der Waals surface area contributed by atoms with E-state index in [0.717, 1.165) is 32.2 Å². The van der Waals surface area contributed by atoms with Crippen molar-refractivity contribution in [2.45, 2.75) is 57.4 Å². The van der Waals surface area contributed by atoms with Gasteiger partial charge in [0.05, 0.1) is 29.5 Å². The molecular formula is C31H34N4O5S. The molecule has 1 fully saturated rings.